The summed E-state index contributed by atoms with van der Waals surface area (Å²) in [6.45, 7) is 0. The van der Waals surface area contributed by atoms with Crippen LogP contribution in [0.3, 0.4) is 0 Å². The lowest BCUT2D eigenvalue weighted by atomic mass is 9.96. The van der Waals surface area contributed by atoms with Crippen LogP contribution in [-0.4, -0.2) is 23.3 Å². The fraction of sp³-hybridized carbons (Fsp3) is 0.316. The molecule has 0 spiro atoms. The van der Waals surface area contributed by atoms with Crippen LogP contribution in [0.1, 0.15) is 24.0 Å². The van der Waals surface area contributed by atoms with Gasteiger partial charge < -0.3 is 16.2 Å². The van der Waals surface area contributed by atoms with E-state index in [1.54, 1.807) is 0 Å². The Morgan fingerprint density at radius 2 is 1.43 bits per heavy atom. The van der Waals surface area contributed by atoms with Crippen LogP contribution in [0.15, 0.2) is 60.7 Å². The molecule has 0 aliphatic rings. The van der Waals surface area contributed by atoms with Crippen LogP contribution in [0.5, 0.6) is 0 Å². The van der Waals surface area contributed by atoms with Crippen molar-refractivity contribution >= 4 is 6.09 Å². The van der Waals surface area contributed by atoms with Gasteiger partial charge in [0, 0.05) is 12.1 Å². The molecule has 0 fully saturated rings. The second-order valence-corrected chi connectivity index (χ2v) is 5.86. The summed E-state index contributed by atoms with van der Waals surface area (Å²) in [5, 5.41) is 11.6. The lowest BCUT2D eigenvalue weighted by Gasteiger charge is -2.19. The summed E-state index contributed by atoms with van der Waals surface area (Å²) < 4.78 is 0. The molecule has 0 aliphatic heterocycles. The predicted molar refractivity (Wildman–Crippen MR) is 92.4 cm³/mol. The van der Waals surface area contributed by atoms with E-state index in [4.69, 9.17) is 10.8 Å². The average molecular weight is 312 g/mol. The Bertz CT molecular complexity index is 587. The zero-order chi connectivity index (χ0) is 16.5. The minimum atomic E-state index is -0.984. The minimum Gasteiger partial charge on any atom is -0.465 e. The minimum absolute atomic E-state index is 0.0336. The SMILES string of the molecule is N[C@H](CC[C@H](Cc1ccccc1)NC(=O)O)Cc1ccccc1. The first kappa shape index (κ1) is 17.0. The standard InChI is InChI=1S/C19H24N2O2/c20-17(13-15-7-3-1-4-8-15)11-12-18(21-19(22)23)14-16-9-5-2-6-10-16/h1-10,17-18,21H,11-14,20H2,(H,22,23)/t17-,18-/m1/s1. The molecular formula is C19H24N2O2. The summed E-state index contributed by atoms with van der Waals surface area (Å²) in [7, 11) is 0. The highest BCUT2D eigenvalue weighted by Gasteiger charge is 2.14. The second kappa shape index (κ2) is 8.96. The van der Waals surface area contributed by atoms with E-state index in [1.165, 1.54) is 5.56 Å². The molecule has 0 aromatic heterocycles. The molecular weight excluding hydrogens is 288 g/mol. The highest BCUT2D eigenvalue weighted by molar-refractivity contribution is 5.64. The number of nitrogens with two attached hydrogens (primary N) is 1. The second-order valence-electron chi connectivity index (χ2n) is 5.86. The van der Waals surface area contributed by atoms with E-state index in [1.807, 2.05) is 48.5 Å². The van der Waals surface area contributed by atoms with Gasteiger partial charge in [-0.25, -0.2) is 4.79 Å². The maximum atomic E-state index is 11.0. The summed E-state index contributed by atoms with van der Waals surface area (Å²) in [6.07, 6.45) is 2.03. The van der Waals surface area contributed by atoms with Crippen molar-refractivity contribution in [3.05, 3.63) is 71.8 Å². The molecule has 4 N–H and O–H groups in total. The van der Waals surface area contributed by atoms with Gasteiger partial charge in [0.15, 0.2) is 0 Å². The van der Waals surface area contributed by atoms with Crippen LogP contribution in [0, 0.1) is 0 Å². The molecule has 1 amide bonds. The summed E-state index contributed by atoms with van der Waals surface area (Å²) in [6, 6.07) is 20.0. The van der Waals surface area contributed by atoms with Gasteiger partial charge in [0.05, 0.1) is 0 Å². The van der Waals surface area contributed by atoms with E-state index in [0.29, 0.717) is 6.42 Å². The highest BCUT2D eigenvalue weighted by atomic mass is 16.4. The Labute approximate surface area is 137 Å². The molecule has 2 aromatic rings. The number of carboxylic acid groups (broad SMARTS) is 1. The maximum Gasteiger partial charge on any atom is 0.404 e. The van der Waals surface area contributed by atoms with E-state index in [-0.39, 0.29) is 12.1 Å². The summed E-state index contributed by atoms with van der Waals surface area (Å²) >= 11 is 0. The van der Waals surface area contributed by atoms with Gasteiger partial charge in [-0.3, -0.25) is 0 Å². The number of rotatable bonds is 8. The molecule has 2 rings (SSSR count). The molecule has 4 nitrogen and oxygen atoms in total. The Morgan fingerprint density at radius 3 is 1.96 bits per heavy atom. The maximum absolute atomic E-state index is 11.0. The monoisotopic (exact) mass is 312 g/mol. The zero-order valence-electron chi connectivity index (χ0n) is 13.2. The predicted octanol–water partition coefficient (Wildman–Crippen LogP) is 3.22. The Hall–Kier alpha value is -2.33. The van der Waals surface area contributed by atoms with Crippen molar-refractivity contribution in [1.29, 1.82) is 0 Å². The largest absolute Gasteiger partial charge is 0.465 e. The van der Waals surface area contributed by atoms with Gasteiger partial charge in [0.2, 0.25) is 0 Å². The molecule has 0 bridgehead atoms. The number of hydrogen-bond donors (Lipinski definition) is 3. The molecule has 0 saturated heterocycles. The third-order valence-corrected chi connectivity index (χ3v) is 3.88. The lowest BCUT2D eigenvalue weighted by molar-refractivity contribution is 0.188. The third kappa shape index (κ3) is 6.53. The van der Waals surface area contributed by atoms with Crippen LogP contribution < -0.4 is 11.1 Å². The Kier molecular flexibility index (Phi) is 6.63. The van der Waals surface area contributed by atoms with Crippen molar-refractivity contribution in [2.75, 3.05) is 0 Å². The van der Waals surface area contributed by atoms with E-state index < -0.39 is 6.09 Å². The first-order chi connectivity index (χ1) is 11.1. The van der Waals surface area contributed by atoms with Gasteiger partial charge in [-0.05, 0) is 36.8 Å². The zero-order valence-corrected chi connectivity index (χ0v) is 13.2. The number of hydrogen-bond acceptors (Lipinski definition) is 2. The average Bonchev–Trinajstić information content (AvgIpc) is 2.54. The van der Waals surface area contributed by atoms with Crippen LogP contribution in [0.25, 0.3) is 0 Å². The number of amides is 1. The third-order valence-electron chi connectivity index (χ3n) is 3.88. The van der Waals surface area contributed by atoms with E-state index in [9.17, 15) is 4.79 Å². The fourth-order valence-corrected chi connectivity index (χ4v) is 2.73. The first-order valence-electron chi connectivity index (χ1n) is 7.96. The summed E-state index contributed by atoms with van der Waals surface area (Å²) in [5.74, 6) is 0. The lowest BCUT2D eigenvalue weighted by Crippen LogP contribution is -2.37. The Balaban J connectivity index is 1.86. The number of nitrogens with one attached hydrogen (secondary N) is 1. The normalized spacial score (nSPS) is 13.3. The van der Waals surface area contributed by atoms with E-state index >= 15 is 0 Å². The molecule has 122 valence electrons. The molecule has 4 heteroatoms. The molecule has 0 aliphatic carbocycles. The van der Waals surface area contributed by atoms with Gasteiger partial charge in [-0.1, -0.05) is 60.7 Å². The molecule has 0 heterocycles. The van der Waals surface area contributed by atoms with E-state index in [0.717, 1.165) is 24.8 Å². The number of benzene rings is 2. The van der Waals surface area contributed by atoms with Gasteiger partial charge in [0.25, 0.3) is 0 Å². The van der Waals surface area contributed by atoms with Crippen LogP contribution in [0.4, 0.5) is 4.79 Å². The fourth-order valence-electron chi connectivity index (χ4n) is 2.73. The van der Waals surface area contributed by atoms with Gasteiger partial charge in [-0.2, -0.15) is 0 Å². The molecule has 23 heavy (non-hydrogen) atoms. The van der Waals surface area contributed by atoms with Crippen molar-refractivity contribution < 1.29 is 9.90 Å². The van der Waals surface area contributed by atoms with Crippen molar-refractivity contribution in [3.63, 3.8) is 0 Å². The molecule has 2 aromatic carbocycles. The van der Waals surface area contributed by atoms with Gasteiger partial charge in [-0.15, -0.1) is 0 Å². The van der Waals surface area contributed by atoms with Crippen LogP contribution in [0.2, 0.25) is 0 Å². The molecule has 0 saturated carbocycles. The number of carbonyl (C=O) groups is 1. The van der Waals surface area contributed by atoms with Crippen LogP contribution >= 0.6 is 0 Å². The van der Waals surface area contributed by atoms with Crippen molar-refractivity contribution in [2.24, 2.45) is 5.73 Å². The van der Waals surface area contributed by atoms with Gasteiger partial charge in [0.1, 0.15) is 0 Å². The molecule has 2 atom stereocenters. The van der Waals surface area contributed by atoms with Crippen molar-refractivity contribution in [1.82, 2.24) is 5.32 Å². The van der Waals surface area contributed by atoms with Crippen molar-refractivity contribution in [3.8, 4) is 0 Å². The first-order valence-corrected chi connectivity index (χ1v) is 7.96. The molecule has 0 radical (unpaired) electrons. The topological polar surface area (TPSA) is 75.3 Å². The van der Waals surface area contributed by atoms with Gasteiger partial charge >= 0.3 is 6.09 Å². The molecule has 0 unspecified atom stereocenters. The highest BCUT2D eigenvalue weighted by Crippen LogP contribution is 2.11. The van der Waals surface area contributed by atoms with Crippen molar-refractivity contribution in [2.45, 2.75) is 37.8 Å². The smallest absolute Gasteiger partial charge is 0.404 e. The summed E-state index contributed by atoms with van der Waals surface area (Å²) in [5.41, 5.74) is 8.54. The Morgan fingerprint density at radius 1 is 0.913 bits per heavy atom. The quantitative estimate of drug-likeness (QED) is 0.700. The summed E-state index contributed by atoms with van der Waals surface area (Å²) in [4.78, 5) is 11.0. The van der Waals surface area contributed by atoms with E-state index in [2.05, 4.69) is 17.4 Å². The van der Waals surface area contributed by atoms with Crippen LogP contribution in [-0.2, 0) is 12.8 Å².